The van der Waals surface area contributed by atoms with Crippen molar-refractivity contribution in [1.29, 1.82) is 0 Å². The van der Waals surface area contributed by atoms with Crippen LogP contribution < -0.4 is 26.2 Å². The second-order valence-corrected chi connectivity index (χ2v) is 6.69. The first-order valence-electron chi connectivity index (χ1n) is 8.50. The molecule has 0 spiro atoms. The van der Waals surface area contributed by atoms with Crippen LogP contribution in [0.1, 0.15) is 12.5 Å². The summed E-state index contributed by atoms with van der Waals surface area (Å²) in [4.78, 5) is 35.4. The summed E-state index contributed by atoms with van der Waals surface area (Å²) in [6, 6.07) is 15.9. The summed E-state index contributed by atoms with van der Waals surface area (Å²) >= 11 is 3.31. The molecule has 2 aromatic carbocycles. The van der Waals surface area contributed by atoms with E-state index in [-0.39, 0.29) is 6.54 Å². The summed E-state index contributed by atoms with van der Waals surface area (Å²) in [6.45, 7) is 1.61. The fourth-order valence-electron chi connectivity index (χ4n) is 2.08. The van der Waals surface area contributed by atoms with Crippen molar-refractivity contribution < 1.29 is 19.1 Å². The molecule has 2 rings (SSSR count). The highest BCUT2D eigenvalue weighted by molar-refractivity contribution is 9.10. The molecule has 0 aliphatic heterocycles. The van der Waals surface area contributed by atoms with Gasteiger partial charge in [-0.05, 0) is 30.7 Å². The summed E-state index contributed by atoms with van der Waals surface area (Å²) in [7, 11) is 0. The van der Waals surface area contributed by atoms with Crippen molar-refractivity contribution in [3.8, 4) is 5.75 Å². The predicted octanol–water partition coefficient (Wildman–Crippen LogP) is 1.86. The average Bonchev–Trinajstić information content (AvgIpc) is 2.69. The predicted molar refractivity (Wildman–Crippen MR) is 107 cm³/mol. The Balaban J connectivity index is 1.64. The van der Waals surface area contributed by atoms with E-state index in [1.807, 2.05) is 36.4 Å². The lowest BCUT2D eigenvalue weighted by atomic mass is 10.2. The number of carbonyl (C=O) groups is 3. The molecule has 9 heteroatoms. The smallest absolute Gasteiger partial charge is 0.315 e. The highest BCUT2D eigenvalue weighted by Gasteiger charge is 2.15. The third kappa shape index (κ3) is 7.67. The van der Waals surface area contributed by atoms with Crippen LogP contribution in [0, 0.1) is 0 Å². The number of rotatable bonds is 7. The zero-order chi connectivity index (χ0) is 20.4. The number of ether oxygens (including phenoxy) is 1. The molecular formula is C19H21BrN4O4. The number of benzene rings is 2. The Hall–Kier alpha value is -3.07. The van der Waals surface area contributed by atoms with E-state index in [0.29, 0.717) is 12.3 Å². The molecule has 2 aromatic rings. The van der Waals surface area contributed by atoms with E-state index in [2.05, 4.69) is 37.4 Å². The first-order valence-corrected chi connectivity index (χ1v) is 9.30. The van der Waals surface area contributed by atoms with Crippen LogP contribution >= 0.6 is 15.9 Å². The highest BCUT2D eigenvalue weighted by Crippen LogP contribution is 2.18. The molecule has 0 bridgehead atoms. The summed E-state index contributed by atoms with van der Waals surface area (Å²) in [5, 5.41) is 5.03. The maximum Gasteiger partial charge on any atom is 0.315 e. The van der Waals surface area contributed by atoms with Crippen LogP contribution in [0.4, 0.5) is 4.79 Å². The first kappa shape index (κ1) is 21.2. The Bertz CT molecular complexity index is 817. The molecule has 1 unspecified atom stereocenters. The van der Waals surface area contributed by atoms with Gasteiger partial charge in [0.1, 0.15) is 12.3 Å². The molecule has 0 fully saturated rings. The van der Waals surface area contributed by atoms with Gasteiger partial charge in [-0.1, -0.05) is 52.3 Å². The number of hydrazine groups is 1. The van der Waals surface area contributed by atoms with E-state index >= 15 is 0 Å². The van der Waals surface area contributed by atoms with Crippen LogP contribution in [0.2, 0.25) is 0 Å². The van der Waals surface area contributed by atoms with Crippen molar-refractivity contribution in [1.82, 2.24) is 21.5 Å². The Kier molecular flexibility index (Phi) is 8.29. The summed E-state index contributed by atoms with van der Waals surface area (Å²) < 4.78 is 6.31. The van der Waals surface area contributed by atoms with Gasteiger partial charge >= 0.3 is 6.03 Å². The van der Waals surface area contributed by atoms with Crippen LogP contribution in [0.5, 0.6) is 5.75 Å². The molecule has 0 heterocycles. The van der Waals surface area contributed by atoms with Gasteiger partial charge in [0.2, 0.25) is 0 Å². The van der Waals surface area contributed by atoms with Crippen molar-refractivity contribution in [3.63, 3.8) is 0 Å². The van der Waals surface area contributed by atoms with Gasteiger partial charge in [-0.15, -0.1) is 0 Å². The van der Waals surface area contributed by atoms with Gasteiger partial charge in [0.05, 0.1) is 0 Å². The van der Waals surface area contributed by atoms with Gasteiger partial charge in [-0.25, -0.2) is 4.79 Å². The fraction of sp³-hybridized carbons (Fsp3) is 0.211. The number of hydrogen-bond donors (Lipinski definition) is 4. The lowest BCUT2D eigenvalue weighted by Crippen LogP contribution is -2.50. The maximum atomic E-state index is 12.0. The number of halogens is 1. The van der Waals surface area contributed by atoms with E-state index in [4.69, 9.17) is 4.74 Å². The van der Waals surface area contributed by atoms with Gasteiger partial charge in [0.15, 0.2) is 6.10 Å². The fourth-order valence-corrected chi connectivity index (χ4v) is 2.45. The number of carbonyl (C=O) groups excluding carboxylic acids is 3. The summed E-state index contributed by atoms with van der Waals surface area (Å²) in [5.41, 5.74) is 5.41. The van der Waals surface area contributed by atoms with Crippen LogP contribution in [0.25, 0.3) is 0 Å². The number of amides is 4. The molecule has 4 amide bonds. The zero-order valence-electron chi connectivity index (χ0n) is 15.2. The van der Waals surface area contributed by atoms with Gasteiger partial charge in [-0.2, -0.15) is 0 Å². The van der Waals surface area contributed by atoms with Crippen LogP contribution in [0.15, 0.2) is 59.1 Å². The normalized spacial score (nSPS) is 11.1. The maximum absolute atomic E-state index is 12.0. The van der Waals surface area contributed by atoms with Crippen molar-refractivity contribution in [2.45, 2.75) is 19.6 Å². The number of nitrogens with one attached hydrogen (secondary N) is 4. The topological polar surface area (TPSA) is 109 Å². The molecular weight excluding hydrogens is 428 g/mol. The molecule has 8 nitrogen and oxygen atoms in total. The molecule has 28 heavy (non-hydrogen) atoms. The molecule has 0 saturated carbocycles. The molecule has 1 atom stereocenters. The van der Waals surface area contributed by atoms with E-state index in [1.54, 1.807) is 25.1 Å². The minimum absolute atomic E-state index is 0.290. The van der Waals surface area contributed by atoms with Crippen molar-refractivity contribution in [2.75, 3.05) is 6.54 Å². The van der Waals surface area contributed by atoms with Crippen LogP contribution in [-0.2, 0) is 16.1 Å². The molecule has 148 valence electrons. The second kappa shape index (κ2) is 10.9. The zero-order valence-corrected chi connectivity index (χ0v) is 16.8. The first-order chi connectivity index (χ1) is 13.4. The summed E-state index contributed by atoms with van der Waals surface area (Å²) in [6.07, 6.45) is -0.822. The van der Waals surface area contributed by atoms with Gasteiger partial charge in [-0.3, -0.25) is 20.4 Å². The Morgan fingerprint density at radius 3 is 2.46 bits per heavy atom. The Labute approximate surface area is 171 Å². The average molecular weight is 449 g/mol. The monoisotopic (exact) mass is 448 g/mol. The van der Waals surface area contributed by atoms with Crippen molar-refractivity contribution in [3.05, 3.63) is 64.6 Å². The quantitative estimate of drug-likeness (QED) is 0.484. The SMILES string of the molecule is CC(Oc1cccc(Br)c1)C(=O)NNC(=O)CNC(=O)NCc1ccccc1. The van der Waals surface area contributed by atoms with E-state index in [0.717, 1.165) is 10.0 Å². The van der Waals surface area contributed by atoms with Gasteiger partial charge in [0, 0.05) is 11.0 Å². The molecule has 0 saturated heterocycles. The van der Waals surface area contributed by atoms with Crippen LogP contribution in [0.3, 0.4) is 0 Å². The van der Waals surface area contributed by atoms with Crippen molar-refractivity contribution in [2.24, 2.45) is 0 Å². The molecule has 0 radical (unpaired) electrons. The van der Waals surface area contributed by atoms with Crippen LogP contribution in [-0.4, -0.2) is 30.5 Å². The molecule has 0 aromatic heterocycles. The van der Waals surface area contributed by atoms with E-state index in [1.165, 1.54) is 0 Å². The Morgan fingerprint density at radius 1 is 1.00 bits per heavy atom. The third-order valence-corrected chi connectivity index (χ3v) is 4.00. The van der Waals surface area contributed by atoms with E-state index < -0.39 is 23.9 Å². The number of urea groups is 1. The molecule has 4 N–H and O–H groups in total. The minimum atomic E-state index is -0.822. The lowest BCUT2D eigenvalue weighted by molar-refractivity contribution is -0.132. The van der Waals surface area contributed by atoms with Gasteiger partial charge in [0.25, 0.3) is 11.8 Å². The number of hydrogen-bond acceptors (Lipinski definition) is 4. The molecule has 0 aliphatic carbocycles. The van der Waals surface area contributed by atoms with E-state index in [9.17, 15) is 14.4 Å². The highest BCUT2D eigenvalue weighted by atomic mass is 79.9. The Morgan fingerprint density at radius 2 is 1.75 bits per heavy atom. The largest absolute Gasteiger partial charge is 0.481 e. The lowest BCUT2D eigenvalue weighted by Gasteiger charge is -2.15. The standard InChI is InChI=1S/C19H21BrN4O4/c1-13(28-16-9-5-8-15(20)10-16)18(26)24-23-17(25)12-22-19(27)21-11-14-6-3-2-4-7-14/h2-10,13H,11-12H2,1H3,(H,23,25)(H,24,26)(H2,21,22,27). The third-order valence-electron chi connectivity index (χ3n) is 3.51. The van der Waals surface area contributed by atoms with Gasteiger partial charge < -0.3 is 15.4 Å². The minimum Gasteiger partial charge on any atom is -0.481 e. The van der Waals surface area contributed by atoms with Crippen molar-refractivity contribution >= 4 is 33.8 Å². The molecule has 0 aliphatic rings. The second-order valence-electron chi connectivity index (χ2n) is 5.78. The summed E-state index contributed by atoms with van der Waals surface area (Å²) in [5.74, 6) is -0.583.